The molecule has 3 heteroatoms. The van der Waals surface area contributed by atoms with Crippen molar-refractivity contribution in [1.82, 2.24) is 4.98 Å². The molecule has 18 heavy (non-hydrogen) atoms. The third kappa shape index (κ3) is 3.42. The second-order valence-electron chi connectivity index (χ2n) is 4.29. The Morgan fingerprint density at radius 3 is 2.50 bits per heavy atom. The van der Waals surface area contributed by atoms with Crippen LogP contribution in [0.25, 0.3) is 0 Å². The number of primary amides is 1. The third-order valence-electron chi connectivity index (χ3n) is 2.85. The van der Waals surface area contributed by atoms with Gasteiger partial charge in [-0.15, -0.1) is 0 Å². The van der Waals surface area contributed by atoms with Crippen molar-refractivity contribution < 1.29 is 4.79 Å². The van der Waals surface area contributed by atoms with Gasteiger partial charge in [-0.1, -0.05) is 30.3 Å². The van der Waals surface area contributed by atoms with Gasteiger partial charge in [0, 0.05) is 12.4 Å². The van der Waals surface area contributed by atoms with Gasteiger partial charge in [0.2, 0.25) is 5.91 Å². The molecule has 0 aliphatic rings. The lowest BCUT2D eigenvalue weighted by Crippen LogP contribution is -2.11. The zero-order valence-corrected chi connectivity index (χ0v) is 10.2. The smallest absolute Gasteiger partial charge is 0.250 e. The van der Waals surface area contributed by atoms with Gasteiger partial charge in [-0.3, -0.25) is 9.78 Å². The molecule has 0 saturated carbocycles. The fraction of sp³-hybridized carbons (Fsp3) is 0.200. The van der Waals surface area contributed by atoms with Gasteiger partial charge >= 0.3 is 0 Å². The van der Waals surface area contributed by atoms with E-state index in [0.29, 0.717) is 5.56 Å². The topological polar surface area (TPSA) is 56.0 Å². The highest BCUT2D eigenvalue weighted by atomic mass is 16.1. The Morgan fingerprint density at radius 1 is 1.06 bits per heavy atom. The second-order valence-corrected chi connectivity index (χ2v) is 4.29. The van der Waals surface area contributed by atoms with Crippen LogP contribution in [0.2, 0.25) is 0 Å². The molecular weight excluding hydrogens is 224 g/mol. The van der Waals surface area contributed by atoms with Crippen molar-refractivity contribution in [2.45, 2.75) is 19.3 Å². The minimum absolute atomic E-state index is 0.424. The van der Waals surface area contributed by atoms with E-state index in [0.717, 1.165) is 24.8 Å². The van der Waals surface area contributed by atoms with Crippen LogP contribution in [-0.2, 0) is 12.8 Å². The van der Waals surface area contributed by atoms with Crippen molar-refractivity contribution in [1.29, 1.82) is 0 Å². The van der Waals surface area contributed by atoms with Gasteiger partial charge in [-0.05, 0) is 36.5 Å². The van der Waals surface area contributed by atoms with E-state index in [1.54, 1.807) is 6.20 Å². The van der Waals surface area contributed by atoms with Crippen molar-refractivity contribution in [3.8, 4) is 0 Å². The molecule has 1 aromatic heterocycles. The Hall–Kier alpha value is -2.16. The molecule has 3 nitrogen and oxygen atoms in total. The first-order valence-electron chi connectivity index (χ1n) is 6.03. The van der Waals surface area contributed by atoms with Crippen molar-refractivity contribution in [2.75, 3.05) is 0 Å². The lowest BCUT2D eigenvalue weighted by molar-refractivity contribution is 0.1000. The molecular formula is C15H16N2O. The first-order chi connectivity index (χ1) is 8.75. The summed E-state index contributed by atoms with van der Waals surface area (Å²) in [5, 5.41) is 0. The van der Waals surface area contributed by atoms with Crippen LogP contribution in [0, 0.1) is 0 Å². The predicted octanol–water partition coefficient (Wildman–Crippen LogP) is 2.36. The van der Waals surface area contributed by atoms with E-state index in [4.69, 9.17) is 5.73 Å². The first kappa shape index (κ1) is 12.3. The first-order valence-corrected chi connectivity index (χ1v) is 6.03. The Balaban J connectivity index is 1.90. The zero-order valence-electron chi connectivity index (χ0n) is 10.2. The van der Waals surface area contributed by atoms with E-state index >= 15 is 0 Å². The van der Waals surface area contributed by atoms with E-state index in [2.05, 4.69) is 17.1 Å². The minimum Gasteiger partial charge on any atom is -0.366 e. The number of amides is 1. The molecule has 0 bridgehead atoms. The van der Waals surface area contributed by atoms with E-state index in [1.165, 1.54) is 11.8 Å². The molecule has 0 spiro atoms. The average molecular weight is 240 g/mol. The van der Waals surface area contributed by atoms with Crippen molar-refractivity contribution in [3.63, 3.8) is 0 Å². The maximum atomic E-state index is 11.0. The van der Waals surface area contributed by atoms with Gasteiger partial charge < -0.3 is 5.73 Å². The predicted molar refractivity (Wildman–Crippen MR) is 71.2 cm³/mol. The molecule has 0 radical (unpaired) electrons. The number of rotatable bonds is 5. The summed E-state index contributed by atoms with van der Waals surface area (Å²) >= 11 is 0. The summed E-state index contributed by atoms with van der Waals surface area (Å²) < 4.78 is 0. The Kier molecular flexibility index (Phi) is 4.07. The Bertz CT molecular complexity index is 523. The summed E-state index contributed by atoms with van der Waals surface area (Å²) in [6, 6.07) is 12.2. The van der Waals surface area contributed by atoms with Crippen LogP contribution in [0.5, 0.6) is 0 Å². The summed E-state index contributed by atoms with van der Waals surface area (Å²) in [6.45, 7) is 0. The molecule has 2 rings (SSSR count). The molecule has 0 fully saturated rings. The van der Waals surface area contributed by atoms with Crippen LogP contribution < -0.4 is 5.73 Å². The van der Waals surface area contributed by atoms with Gasteiger partial charge in [0.1, 0.15) is 0 Å². The molecule has 2 aromatic rings. The fourth-order valence-electron chi connectivity index (χ4n) is 1.90. The van der Waals surface area contributed by atoms with Crippen molar-refractivity contribution in [2.24, 2.45) is 5.73 Å². The lowest BCUT2D eigenvalue weighted by Gasteiger charge is -2.03. The van der Waals surface area contributed by atoms with Gasteiger partial charge in [-0.2, -0.15) is 0 Å². The molecule has 0 aliphatic heterocycles. The molecule has 2 N–H and O–H groups in total. The van der Waals surface area contributed by atoms with Crippen LogP contribution in [0.1, 0.15) is 27.9 Å². The van der Waals surface area contributed by atoms with Crippen molar-refractivity contribution in [3.05, 3.63) is 65.5 Å². The maximum Gasteiger partial charge on any atom is 0.250 e. The number of pyridine rings is 1. The summed E-state index contributed by atoms with van der Waals surface area (Å²) in [7, 11) is 0. The number of nitrogens with two attached hydrogens (primary N) is 1. The van der Waals surface area contributed by atoms with Crippen molar-refractivity contribution >= 4 is 5.91 Å². The average Bonchev–Trinajstić information content (AvgIpc) is 2.40. The van der Waals surface area contributed by atoms with E-state index in [1.807, 2.05) is 24.3 Å². The molecule has 92 valence electrons. The highest BCUT2D eigenvalue weighted by Crippen LogP contribution is 2.09. The summed E-state index contributed by atoms with van der Waals surface area (Å²) in [6.07, 6.45) is 6.26. The number of carbonyl (C=O) groups is 1. The summed E-state index contributed by atoms with van der Waals surface area (Å²) in [5.74, 6) is -0.424. The number of benzene rings is 1. The molecule has 0 atom stereocenters. The van der Waals surface area contributed by atoms with E-state index in [9.17, 15) is 4.79 Å². The van der Waals surface area contributed by atoms with Gasteiger partial charge in [0.05, 0.1) is 5.56 Å². The number of aromatic nitrogens is 1. The standard InChI is InChI=1S/C15H16N2O/c16-15(18)14-9-13(10-17-11-14)8-4-7-12-5-2-1-3-6-12/h1-3,5-6,9-11H,4,7-8H2,(H2,16,18). The summed E-state index contributed by atoms with van der Waals surface area (Å²) in [4.78, 5) is 15.1. The van der Waals surface area contributed by atoms with Crippen LogP contribution in [0.15, 0.2) is 48.8 Å². The van der Waals surface area contributed by atoms with Gasteiger partial charge in [-0.25, -0.2) is 0 Å². The monoisotopic (exact) mass is 240 g/mol. The molecule has 1 aromatic carbocycles. The molecule has 0 unspecified atom stereocenters. The molecule has 0 saturated heterocycles. The highest BCUT2D eigenvalue weighted by molar-refractivity contribution is 5.92. The van der Waals surface area contributed by atoms with Crippen LogP contribution in [0.4, 0.5) is 0 Å². The second kappa shape index (κ2) is 5.96. The quantitative estimate of drug-likeness (QED) is 0.872. The summed E-state index contributed by atoms with van der Waals surface area (Å²) in [5.41, 5.74) is 8.09. The van der Waals surface area contributed by atoms with Gasteiger partial charge in [0.15, 0.2) is 0 Å². The van der Waals surface area contributed by atoms with Crippen LogP contribution in [-0.4, -0.2) is 10.9 Å². The number of hydrogen-bond acceptors (Lipinski definition) is 2. The minimum atomic E-state index is -0.424. The maximum absolute atomic E-state index is 11.0. The number of hydrogen-bond donors (Lipinski definition) is 1. The molecule has 0 aliphatic carbocycles. The Labute approximate surface area is 107 Å². The normalized spacial score (nSPS) is 10.2. The Morgan fingerprint density at radius 2 is 1.78 bits per heavy atom. The lowest BCUT2D eigenvalue weighted by atomic mass is 10.0. The SMILES string of the molecule is NC(=O)c1cncc(CCCc2ccccc2)c1. The molecule has 1 amide bonds. The third-order valence-corrected chi connectivity index (χ3v) is 2.85. The van der Waals surface area contributed by atoms with Gasteiger partial charge in [0.25, 0.3) is 0 Å². The largest absolute Gasteiger partial charge is 0.366 e. The van der Waals surface area contributed by atoms with Crippen LogP contribution >= 0.6 is 0 Å². The van der Waals surface area contributed by atoms with E-state index in [-0.39, 0.29) is 0 Å². The van der Waals surface area contributed by atoms with Crippen LogP contribution in [0.3, 0.4) is 0 Å². The molecule has 1 heterocycles. The number of aryl methyl sites for hydroxylation is 2. The zero-order chi connectivity index (χ0) is 12.8. The highest BCUT2D eigenvalue weighted by Gasteiger charge is 2.02. The number of nitrogens with zero attached hydrogens (tertiary/aromatic N) is 1. The fourth-order valence-corrected chi connectivity index (χ4v) is 1.90. The van der Waals surface area contributed by atoms with E-state index < -0.39 is 5.91 Å². The number of carbonyl (C=O) groups excluding carboxylic acids is 1.